The van der Waals surface area contributed by atoms with Crippen molar-refractivity contribution in [2.45, 2.75) is 13.3 Å². The molecule has 2 aromatic rings. The van der Waals surface area contributed by atoms with Crippen molar-refractivity contribution in [2.75, 3.05) is 36.9 Å². The number of ether oxygens (including phenoxy) is 1. The average molecular weight is 354 g/mol. The summed E-state index contributed by atoms with van der Waals surface area (Å²) in [7, 11) is 0. The van der Waals surface area contributed by atoms with E-state index in [9.17, 15) is 9.59 Å². The van der Waals surface area contributed by atoms with E-state index in [-0.39, 0.29) is 11.8 Å². The van der Waals surface area contributed by atoms with Gasteiger partial charge in [0.1, 0.15) is 5.82 Å². The Labute approximate surface area is 152 Å². The number of hydrogen-bond donors (Lipinski definition) is 3. The number of nitrogens with zero attached hydrogens (tertiary/aromatic N) is 1. The lowest BCUT2D eigenvalue weighted by Crippen LogP contribution is -2.25. The third-order valence-electron chi connectivity index (χ3n) is 4.00. The molecule has 0 saturated heterocycles. The standard InChI is InChI=1S/C19H22N4O3/c1-13(24)20-6-8-26-9-7-21-18-5-3-15(12-22-18)14-2-4-17-16(10-14)11-19(25)23-17/h2-5,10,12H,6-9,11H2,1H3,(H,20,24)(H,21,22)(H,23,25). The Hall–Kier alpha value is -2.93. The van der Waals surface area contributed by atoms with Gasteiger partial charge in [-0.05, 0) is 35.4 Å². The summed E-state index contributed by atoms with van der Waals surface area (Å²) >= 11 is 0. The minimum absolute atomic E-state index is 0.0362. The molecule has 2 heterocycles. The summed E-state index contributed by atoms with van der Waals surface area (Å²) in [5.41, 5.74) is 3.96. The number of anilines is 2. The Balaban J connectivity index is 1.46. The Morgan fingerprint density at radius 3 is 2.77 bits per heavy atom. The molecule has 3 N–H and O–H groups in total. The van der Waals surface area contributed by atoms with Gasteiger partial charge in [-0.3, -0.25) is 9.59 Å². The fourth-order valence-electron chi connectivity index (χ4n) is 2.73. The van der Waals surface area contributed by atoms with E-state index in [1.54, 1.807) is 0 Å². The van der Waals surface area contributed by atoms with E-state index in [1.165, 1.54) is 6.92 Å². The van der Waals surface area contributed by atoms with Crippen LogP contribution in [0, 0.1) is 0 Å². The van der Waals surface area contributed by atoms with Gasteiger partial charge in [0.2, 0.25) is 11.8 Å². The lowest BCUT2D eigenvalue weighted by Gasteiger charge is -2.08. The molecule has 0 aliphatic carbocycles. The normalized spacial score (nSPS) is 12.4. The number of carbonyl (C=O) groups excluding carboxylic acids is 2. The van der Waals surface area contributed by atoms with E-state index in [2.05, 4.69) is 20.9 Å². The molecule has 3 rings (SSSR count). The fraction of sp³-hybridized carbons (Fsp3) is 0.316. The molecule has 2 amide bonds. The van der Waals surface area contributed by atoms with E-state index in [4.69, 9.17) is 4.74 Å². The lowest BCUT2D eigenvalue weighted by molar-refractivity contribution is -0.119. The molecule has 136 valence electrons. The van der Waals surface area contributed by atoms with Gasteiger partial charge in [-0.15, -0.1) is 0 Å². The highest BCUT2D eigenvalue weighted by Crippen LogP contribution is 2.29. The summed E-state index contributed by atoms with van der Waals surface area (Å²) < 4.78 is 5.41. The zero-order valence-electron chi connectivity index (χ0n) is 14.7. The Morgan fingerprint density at radius 1 is 1.19 bits per heavy atom. The van der Waals surface area contributed by atoms with Crippen LogP contribution in [0.5, 0.6) is 0 Å². The molecule has 1 aromatic carbocycles. The number of nitrogens with one attached hydrogen (secondary N) is 3. The van der Waals surface area contributed by atoms with Gasteiger partial charge in [-0.1, -0.05) is 6.07 Å². The van der Waals surface area contributed by atoms with Crippen molar-refractivity contribution >= 4 is 23.3 Å². The molecular weight excluding hydrogens is 332 g/mol. The van der Waals surface area contributed by atoms with Crippen LogP contribution in [0.1, 0.15) is 12.5 Å². The van der Waals surface area contributed by atoms with Crippen LogP contribution < -0.4 is 16.0 Å². The van der Waals surface area contributed by atoms with Gasteiger partial charge in [0.05, 0.1) is 19.6 Å². The first-order valence-electron chi connectivity index (χ1n) is 8.57. The Bertz CT molecular complexity index is 790. The van der Waals surface area contributed by atoms with E-state index in [0.29, 0.717) is 32.7 Å². The van der Waals surface area contributed by atoms with Gasteiger partial charge in [0.15, 0.2) is 0 Å². The molecule has 1 aliphatic heterocycles. The predicted molar refractivity (Wildman–Crippen MR) is 100.0 cm³/mol. The fourth-order valence-corrected chi connectivity index (χ4v) is 2.73. The van der Waals surface area contributed by atoms with Gasteiger partial charge in [0.25, 0.3) is 0 Å². The minimum atomic E-state index is -0.0535. The molecular formula is C19H22N4O3. The van der Waals surface area contributed by atoms with Crippen LogP contribution >= 0.6 is 0 Å². The van der Waals surface area contributed by atoms with E-state index < -0.39 is 0 Å². The number of rotatable bonds is 8. The molecule has 1 aliphatic rings. The first kappa shape index (κ1) is 17.9. The van der Waals surface area contributed by atoms with Crippen LogP contribution in [0.4, 0.5) is 11.5 Å². The number of hydrogen-bond acceptors (Lipinski definition) is 5. The van der Waals surface area contributed by atoms with Crippen molar-refractivity contribution in [3.05, 3.63) is 42.1 Å². The second-order valence-electron chi connectivity index (χ2n) is 6.05. The summed E-state index contributed by atoms with van der Waals surface area (Å²) in [6.07, 6.45) is 2.24. The molecule has 1 aromatic heterocycles. The summed E-state index contributed by atoms with van der Waals surface area (Å²) in [4.78, 5) is 26.6. The molecule has 0 fully saturated rings. The first-order valence-corrected chi connectivity index (χ1v) is 8.57. The van der Waals surface area contributed by atoms with Crippen LogP contribution in [0.3, 0.4) is 0 Å². The highest BCUT2D eigenvalue weighted by molar-refractivity contribution is 5.99. The van der Waals surface area contributed by atoms with Crippen LogP contribution in [0.15, 0.2) is 36.5 Å². The average Bonchev–Trinajstić information content (AvgIpc) is 3.00. The molecule has 26 heavy (non-hydrogen) atoms. The van der Waals surface area contributed by atoms with Crippen LogP contribution in [0.2, 0.25) is 0 Å². The quantitative estimate of drug-likeness (QED) is 0.629. The number of amides is 2. The zero-order valence-corrected chi connectivity index (χ0v) is 14.7. The molecule has 0 saturated carbocycles. The minimum Gasteiger partial charge on any atom is -0.378 e. The molecule has 7 nitrogen and oxygen atoms in total. The number of carbonyl (C=O) groups is 2. The topological polar surface area (TPSA) is 92.4 Å². The van der Waals surface area contributed by atoms with Crippen molar-refractivity contribution < 1.29 is 14.3 Å². The van der Waals surface area contributed by atoms with E-state index in [1.807, 2.05) is 36.5 Å². The van der Waals surface area contributed by atoms with E-state index in [0.717, 1.165) is 28.2 Å². The van der Waals surface area contributed by atoms with Crippen LogP contribution in [0.25, 0.3) is 11.1 Å². The highest BCUT2D eigenvalue weighted by Gasteiger charge is 2.17. The molecule has 0 spiro atoms. The van der Waals surface area contributed by atoms with Gasteiger partial charge in [0, 0.05) is 37.5 Å². The Morgan fingerprint density at radius 2 is 2.00 bits per heavy atom. The summed E-state index contributed by atoms with van der Waals surface area (Å²) in [5.74, 6) is 0.758. The van der Waals surface area contributed by atoms with Crippen LogP contribution in [-0.2, 0) is 20.7 Å². The second kappa shape index (κ2) is 8.44. The maximum Gasteiger partial charge on any atom is 0.228 e. The maximum atomic E-state index is 11.4. The summed E-state index contributed by atoms with van der Waals surface area (Å²) in [6, 6.07) is 9.86. The number of aromatic nitrogens is 1. The van der Waals surface area contributed by atoms with Gasteiger partial charge in [-0.2, -0.15) is 0 Å². The third kappa shape index (κ3) is 4.80. The van der Waals surface area contributed by atoms with Crippen molar-refractivity contribution in [2.24, 2.45) is 0 Å². The number of fused-ring (bicyclic) bond motifs is 1. The largest absolute Gasteiger partial charge is 0.378 e. The van der Waals surface area contributed by atoms with Crippen molar-refractivity contribution in [1.82, 2.24) is 10.3 Å². The molecule has 0 atom stereocenters. The second-order valence-corrected chi connectivity index (χ2v) is 6.05. The molecule has 0 unspecified atom stereocenters. The van der Waals surface area contributed by atoms with Gasteiger partial charge < -0.3 is 20.7 Å². The van der Waals surface area contributed by atoms with Crippen LogP contribution in [-0.4, -0.2) is 43.1 Å². The van der Waals surface area contributed by atoms with E-state index >= 15 is 0 Å². The monoisotopic (exact) mass is 354 g/mol. The number of benzene rings is 1. The van der Waals surface area contributed by atoms with Gasteiger partial charge in [-0.25, -0.2) is 4.98 Å². The molecule has 7 heteroatoms. The zero-order chi connectivity index (χ0) is 18.4. The van der Waals surface area contributed by atoms with Gasteiger partial charge >= 0.3 is 0 Å². The molecule has 0 radical (unpaired) electrons. The highest BCUT2D eigenvalue weighted by atomic mass is 16.5. The van der Waals surface area contributed by atoms with Crippen molar-refractivity contribution in [3.63, 3.8) is 0 Å². The number of pyridine rings is 1. The maximum absolute atomic E-state index is 11.4. The Kier molecular flexibility index (Phi) is 5.80. The smallest absolute Gasteiger partial charge is 0.228 e. The molecule has 0 bridgehead atoms. The summed E-state index contributed by atoms with van der Waals surface area (Å²) in [5, 5.41) is 8.70. The van der Waals surface area contributed by atoms with Crippen molar-refractivity contribution in [3.8, 4) is 11.1 Å². The summed E-state index contributed by atoms with van der Waals surface area (Å²) in [6.45, 7) is 3.66. The third-order valence-corrected chi connectivity index (χ3v) is 4.00. The lowest BCUT2D eigenvalue weighted by atomic mass is 10.0. The predicted octanol–water partition coefficient (Wildman–Crippen LogP) is 1.81. The first-order chi connectivity index (χ1) is 12.6. The SMILES string of the molecule is CC(=O)NCCOCCNc1ccc(-c2ccc3c(c2)CC(=O)N3)cn1. The van der Waals surface area contributed by atoms with Crippen molar-refractivity contribution in [1.29, 1.82) is 0 Å².